The number of carbonyl (C=O) groups is 2. The number of aromatic amines is 1. The molecule has 0 aliphatic heterocycles. The Balaban J connectivity index is 1.38. The average Bonchev–Trinajstić information content (AvgIpc) is 3.64. The van der Waals surface area contributed by atoms with E-state index in [1.165, 1.54) is 18.5 Å². The minimum absolute atomic E-state index is 0.00795. The first kappa shape index (κ1) is 25.2. The van der Waals surface area contributed by atoms with Crippen LogP contribution < -0.4 is 15.4 Å². The number of nitrogens with zero attached hydrogens (tertiary/aromatic N) is 2. The SMILES string of the molecule is CCC(=O)N[C@H]1CC[C@@H](NC(=O)c2c(C)[nH]c3c(-c4cc(F)ccc4OCC4CC4)ncnc23)C[C@H]1C. The molecule has 3 N–H and O–H groups in total. The summed E-state index contributed by atoms with van der Waals surface area (Å²) in [5.74, 6) is 0.838. The van der Waals surface area contributed by atoms with Crippen LogP contribution in [-0.4, -0.2) is 45.5 Å². The van der Waals surface area contributed by atoms with Gasteiger partial charge in [-0.05, 0) is 69.1 Å². The van der Waals surface area contributed by atoms with Gasteiger partial charge in [-0.3, -0.25) is 9.59 Å². The number of amides is 2. The summed E-state index contributed by atoms with van der Waals surface area (Å²) in [5.41, 5.74) is 3.23. The molecule has 8 nitrogen and oxygen atoms in total. The number of carbonyl (C=O) groups excluding carboxylic acids is 2. The molecule has 0 unspecified atom stereocenters. The molecule has 2 aliphatic rings. The molecule has 3 aromatic rings. The lowest BCUT2D eigenvalue weighted by molar-refractivity contribution is -0.122. The smallest absolute Gasteiger partial charge is 0.255 e. The number of benzene rings is 1. The van der Waals surface area contributed by atoms with E-state index >= 15 is 0 Å². The van der Waals surface area contributed by atoms with Gasteiger partial charge in [0.1, 0.15) is 29.1 Å². The van der Waals surface area contributed by atoms with E-state index in [1.54, 1.807) is 6.07 Å². The summed E-state index contributed by atoms with van der Waals surface area (Å²) in [6.07, 6.45) is 6.56. The summed E-state index contributed by atoms with van der Waals surface area (Å²) in [7, 11) is 0. The van der Waals surface area contributed by atoms with Crippen molar-refractivity contribution >= 4 is 22.8 Å². The van der Waals surface area contributed by atoms with Crippen molar-refractivity contribution in [3.63, 3.8) is 0 Å². The number of nitrogens with one attached hydrogen (secondary N) is 3. The molecule has 9 heteroatoms. The third-order valence-corrected chi connectivity index (χ3v) is 7.54. The van der Waals surface area contributed by atoms with E-state index in [4.69, 9.17) is 4.74 Å². The van der Waals surface area contributed by atoms with Crippen LogP contribution in [0.4, 0.5) is 4.39 Å². The van der Waals surface area contributed by atoms with Gasteiger partial charge in [-0.1, -0.05) is 13.8 Å². The molecule has 0 saturated heterocycles. The van der Waals surface area contributed by atoms with Crippen LogP contribution in [0.2, 0.25) is 0 Å². The second-order valence-electron chi connectivity index (χ2n) is 10.5. The van der Waals surface area contributed by atoms with Gasteiger partial charge < -0.3 is 20.4 Å². The number of aryl methyl sites for hydroxylation is 1. The molecule has 0 spiro atoms. The molecule has 2 amide bonds. The van der Waals surface area contributed by atoms with Gasteiger partial charge in [0.25, 0.3) is 5.91 Å². The fourth-order valence-electron chi connectivity index (χ4n) is 5.22. The largest absolute Gasteiger partial charge is 0.493 e. The number of hydrogen-bond acceptors (Lipinski definition) is 5. The number of H-pyrrole nitrogens is 1. The Labute approximate surface area is 215 Å². The summed E-state index contributed by atoms with van der Waals surface area (Å²) < 4.78 is 20.3. The van der Waals surface area contributed by atoms with Gasteiger partial charge in [-0.25, -0.2) is 14.4 Å². The second kappa shape index (κ2) is 10.5. The van der Waals surface area contributed by atoms with Crippen LogP contribution in [0.3, 0.4) is 0 Å². The zero-order valence-electron chi connectivity index (χ0n) is 21.6. The van der Waals surface area contributed by atoms with Gasteiger partial charge >= 0.3 is 0 Å². The molecule has 2 heterocycles. The van der Waals surface area contributed by atoms with Gasteiger partial charge in [-0.15, -0.1) is 0 Å². The number of rotatable bonds is 8. The molecular weight excluding hydrogens is 473 g/mol. The maximum Gasteiger partial charge on any atom is 0.255 e. The standard InChI is InChI=1S/C28H34FN5O3/c1-4-23(35)34-21-9-8-19(11-15(21)2)33-28(36)24-16(3)32-27-25(30-14-31-26(24)27)20-12-18(29)7-10-22(20)37-13-17-5-6-17/h7,10,12,14-15,17,19,21,32H,4-6,8-9,11,13H2,1-3H3,(H,33,36)(H,34,35)/t15-,19-,21+/m1/s1. The van der Waals surface area contributed by atoms with Crippen LogP contribution >= 0.6 is 0 Å². The molecule has 0 radical (unpaired) electrons. The van der Waals surface area contributed by atoms with Crippen LogP contribution in [-0.2, 0) is 4.79 Å². The molecule has 37 heavy (non-hydrogen) atoms. The second-order valence-corrected chi connectivity index (χ2v) is 10.5. The Morgan fingerprint density at radius 2 is 1.97 bits per heavy atom. The Morgan fingerprint density at radius 3 is 2.70 bits per heavy atom. The molecule has 5 rings (SSSR count). The fourth-order valence-corrected chi connectivity index (χ4v) is 5.22. The normalized spacial score (nSPS) is 21.6. The van der Waals surface area contributed by atoms with Crippen LogP contribution in [0.5, 0.6) is 5.75 Å². The highest BCUT2D eigenvalue weighted by Gasteiger charge is 2.31. The number of halogens is 1. The van der Waals surface area contributed by atoms with E-state index in [0.29, 0.717) is 58.2 Å². The summed E-state index contributed by atoms with van der Waals surface area (Å²) >= 11 is 0. The number of hydrogen-bond donors (Lipinski definition) is 3. The van der Waals surface area contributed by atoms with Crippen molar-refractivity contribution in [1.29, 1.82) is 0 Å². The molecule has 2 aromatic heterocycles. The lowest BCUT2D eigenvalue weighted by Gasteiger charge is -2.35. The van der Waals surface area contributed by atoms with Crippen molar-refractivity contribution in [3.8, 4) is 17.0 Å². The molecule has 2 aliphatic carbocycles. The number of ether oxygens (including phenoxy) is 1. The lowest BCUT2D eigenvalue weighted by atomic mass is 9.82. The highest BCUT2D eigenvalue weighted by Crippen LogP contribution is 2.37. The van der Waals surface area contributed by atoms with Gasteiger partial charge in [0.2, 0.25) is 5.91 Å². The predicted octanol–water partition coefficient (Wildman–Crippen LogP) is 4.67. The Kier molecular flexibility index (Phi) is 7.13. The highest BCUT2D eigenvalue weighted by molar-refractivity contribution is 6.09. The van der Waals surface area contributed by atoms with E-state index in [0.717, 1.165) is 32.1 Å². The Bertz CT molecular complexity index is 1320. The summed E-state index contributed by atoms with van der Waals surface area (Å²) in [4.78, 5) is 37.4. The Hall–Kier alpha value is -3.49. The van der Waals surface area contributed by atoms with Crippen molar-refractivity contribution < 1.29 is 18.7 Å². The van der Waals surface area contributed by atoms with Crippen LogP contribution in [0.1, 0.15) is 68.4 Å². The molecule has 1 aromatic carbocycles. The fraction of sp³-hybridized carbons (Fsp3) is 0.500. The summed E-state index contributed by atoms with van der Waals surface area (Å²) in [5, 5.41) is 6.27. The zero-order chi connectivity index (χ0) is 26.1. The van der Waals surface area contributed by atoms with Crippen molar-refractivity contribution in [2.24, 2.45) is 11.8 Å². The number of fused-ring (bicyclic) bond motifs is 1. The topological polar surface area (TPSA) is 109 Å². The van der Waals surface area contributed by atoms with Crippen LogP contribution in [0.25, 0.3) is 22.3 Å². The van der Waals surface area contributed by atoms with E-state index in [1.807, 2.05) is 13.8 Å². The first-order valence-electron chi connectivity index (χ1n) is 13.2. The highest BCUT2D eigenvalue weighted by atomic mass is 19.1. The molecule has 196 valence electrons. The van der Waals surface area contributed by atoms with Crippen molar-refractivity contribution in [2.45, 2.75) is 71.4 Å². The predicted molar refractivity (Wildman–Crippen MR) is 139 cm³/mol. The minimum atomic E-state index is -0.387. The summed E-state index contributed by atoms with van der Waals surface area (Å²) in [6, 6.07) is 4.57. The van der Waals surface area contributed by atoms with E-state index in [-0.39, 0.29) is 35.6 Å². The van der Waals surface area contributed by atoms with Crippen LogP contribution in [0.15, 0.2) is 24.5 Å². The Morgan fingerprint density at radius 1 is 1.16 bits per heavy atom. The van der Waals surface area contributed by atoms with Crippen molar-refractivity contribution in [1.82, 2.24) is 25.6 Å². The maximum absolute atomic E-state index is 14.3. The number of aromatic nitrogens is 3. The van der Waals surface area contributed by atoms with Gasteiger partial charge in [0.05, 0.1) is 17.7 Å². The maximum atomic E-state index is 14.3. The van der Waals surface area contributed by atoms with Crippen molar-refractivity contribution in [3.05, 3.63) is 41.6 Å². The monoisotopic (exact) mass is 507 g/mol. The molecular formula is C28H34FN5O3. The third kappa shape index (κ3) is 5.45. The van der Waals surface area contributed by atoms with Crippen LogP contribution in [0, 0.1) is 24.6 Å². The van der Waals surface area contributed by atoms with Crippen molar-refractivity contribution in [2.75, 3.05) is 6.61 Å². The lowest BCUT2D eigenvalue weighted by Crippen LogP contribution is -2.48. The van der Waals surface area contributed by atoms with E-state index in [9.17, 15) is 14.0 Å². The first-order valence-corrected chi connectivity index (χ1v) is 13.2. The molecule has 2 saturated carbocycles. The first-order chi connectivity index (χ1) is 17.8. The average molecular weight is 508 g/mol. The summed E-state index contributed by atoms with van der Waals surface area (Å²) in [6.45, 7) is 6.38. The molecule has 3 atom stereocenters. The third-order valence-electron chi connectivity index (χ3n) is 7.54. The van der Waals surface area contributed by atoms with E-state index in [2.05, 4.69) is 32.5 Å². The molecule has 0 bridgehead atoms. The minimum Gasteiger partial charge on any atom is -0.493 e. The van der Waals surface area contributed by atoms with Gasteiger partial charge in [-0.2, -0.15) is 0 Å². The molecule has 2 fully saturated rings. The van der Waals surface area contributed by atoms with Gasteiger partial charge in [0, 0.05) is 29.8 Å². The van der Waals surface area contributed by atoms with E-state index < -0.39 is 0 Å². The van der Waals surface area contributed by atoms with Gasteiger partial charge in [0.15, 0.2) is 0 Å². The zero-order valence-corrected chi connectivity index (χ0v) is 21.6. The quantitative estimate of drug-likeness (QED) is 0.410.